The third-order valence-electron chi connectivity index (χ3n) is 2.38. The first kappa shape index (κ1) is 14.8. The van der Waals surface area contributed by atoms with Crippen LogP contribution in [0.25, 0.3) is 0 Å². The van der Waals surface area contributed by atoms with Crippen molar-refractivity contribution >= 4 is 39.6 Å². The van der Waals surface area contributed by atoms with Gasteiger partial charge in [-0.25, -0.2) is 0 Å². The molecule has 0 fully saturated rings. The van der Waals surface area contributed by atoms with Crippen LogP contribution in [0.5, 0.6) is 0 Å². The number of anilines is 1. The van der Waals surface area contributed by atoms with Crippen molar-refractivity contribution < 1.29 is 0 Å². The van der Waals surface area contributed by atoms with Crippen molar-refractivity contribution in [2.24, 2.45) is 0 Å². The average molecular weight is 315 g/mol. The fourth-order valence-electron chi connectivity index (χ4n) is 1.44. The first-order valence-electron chi connectivity index (χ1n) is 6.05. The minimum atomic E-state index is 0.956. The Labute approximate surface area is 126 Å². The van der Waals surface area contributed by atoms with E-state index in [1.54, 1.807) is 23.1 Å². The molecule has 0 spiro atoms. The van der Waals surface area contributed by atoms with Crippen LogP contribution in [-0.2, 0) is 6.54 Å². The summed E-state index contributed by atoms with van der Waals surface area (Å²) in [7, 11) is 3.97. The molecule has 7 heteroatoms. The van der Waals surface area contributed by atoms with Crippen LogP contribution in [0.3, 0.4) is 0 Å². The highest BCUT2D eigenvalue weighted by atomic mass is 32.2. The Morgan fingerprint density at radius 3 is 2.74 bits per heavy atom. The monoisotopic (exact) mass is 314 g/mol. The van der Waals surface area contributed by atoms with E-state index in [4.69, 9.17) is 0 Å². The normalized spacial score (nSPS) is 10.9. The summed E-state index contributed by atoms with van der Waals surface area (Å²) < 4.78 is 1.04. The van der Waals surface area contributed by atoms with E-state index in [0.29, 0.717) is 0 Å². The zero-order chi connectivity index (χ0) is 13.7. The van der Waals surface area contributed by atoms with Crippen LogP contribution < -0.4 is 10.2 Å². The largest absolute Gasteiger partial charge is 0.353 e. The standard InChI is InChI=1S/C12H18N4S3/c1-9-4-5-10(18-9)8-13-6-7-17-12-15-14-11(19-12)16(2)3/h4-5,13H,6-8H2,1-3H3. The maximum Gasteiger partial charge on any atom is 0.208 e. The summed E-state index contributed by atoms with van der Waals surface area (Å²) in [5.41, 5.74) is 0. The lowest BCUT2D eigenvalue weighted by Crippen LogP contribution is -2.15. The molecular formula is C12H18N4S3. The molecule has 0 bridgehead atoms. The molecule has 104 valence electrons. The molecule has 2 rings (SSSR count). The van der Waals surface area contributed by atoms with Crippen molar-refractivity contribution in [2.75, 3.05) is 31.3 Å². The number of nitrogens with zero attached hydrogens (tertiary/aromatic N) is 3. The second-order valence-corrected chi connectivity index (χ2v) is 7.95. The van der Waals surface area contributed by atoms with Crippen LogP contribution in [-0.4, -0.2) is 36.6 Å². The van der Waals surface area contributed by atoms with Gasteiger partial charge in [-0.15, -0.1) is 21.5 Å². The number of hydrogen-bond donors (Lipinski definition) is 1. The Balaban J connectivity index is 1.63. The predicted molar refractivity (Wildman–Crippen MR) is 85.7 cm³/mol. The SMILES string of the molecule is Cc1ccc(CNCCSc2nnc(N(C)C)s2)s1. The Kier molecular flexibility index (Phi) is 5.62. The molecule has 0 aromatic carbocycles. The molecule has 0 aliphatic rings. The molecule has 0 radical (unpaired) electrons. The lowest BCUT2D eigenvalue weighted by molar-refractivity contribution is 0.741. The molecular weight excluding hydrogens is 296 g/mol. The highest BCUT2D eigenvalue weighted by Gasteiger charge is 2.05. The van der Waals surface area contributed by atoms with E-state index >= 15 is 0 Å². The molecule has 2 aromatic rings. The number of hydrogen-bond acceptors (Lipinski definition) is 7. The number of aryl methyl sites for hydroxylation is 1. The van der Waals surface area contributed by atoms with E-state index in [1.807, 2.05) is 30.3 Å². The molecule has 0 aliphatic carbocycles. The number of nitrogens with one attached hydrogen (secondary N) is 1. The average Bonchev–Trinajstić information content (AvgIpc) is 2.98. The van der Waals surface area contributed by atoms with Crippen molar-refractivity contribution in [3.05, 3.63) is 21.9 Å². The zero-order valence-corrected chi connectivity index (χ0v) is 13.8. The van der Waals surface area contributed by atoms with Gasteiger partial charge in [0.1, 0.15) is 0 Å². The zero-order valence-electron chi connectivity index (χ0n) is 11.3. The molecule has 4 nitrogen and oxygen atoms in total. The maximum absolute atomic E-state index is 4.16. The van der Waals surface area contributed by atoms with Gasteiger partial charge in [0.15, 0.2) is 4.34 Å². The predicted octanol–water partition coefficient (Wildman–Crippen LogP) is 2.86. The van der Waals surface area contributed by atoms with Gasteiger partial charge in [-0.1, -0.05) is 23.1 Å². The Hall–Kier alpha value is -0.630. The van der Waals surface area contributed by atoms with E-state index in [1.165, 1.54) is 9.75 Å². The van der Waals surface area contributed by atoms with E-state index in [2.05, 4.69) is 34.6 Å². The lowest BCUT2D eigenvalue weighted by atomic mass is 10.4. The van der Waals surface area contributed by atoms with Crippen molar-refractivity contribution in [1.82, 2.24) is 15.5 Å². The molecule has 19 heavy (non-hydrogen) atoms. The molecule has 0 saturated carbocycles. The first-order chi connectivity index (χ1) is 9.15. The second-order valence-electron chi connectivity index (χ2n) is 4.28. The Bertz CT molecular complexity index is 507. The molecule has 0 unspecified atom stereocenters. The number of thioether (sulfide) groups is 1. The van der Waals surface area contributed by atoms with Crippen LogP contribution in [0.4, 0.5) is 5.13 Å². The minimum Gasteiger partial charge on any atom is -0.353 e. The number of thiophene rings is 1. The molecule has 2 aromatic heterocycles. The summed E-state index contributed by atoms with van der Waals surface area (Å²) in [6, 6.07) is 4.36. The highest BCUT2D eigenvalue weighted by molar-refractivity contribution is 8.01. The van der Waals surface area contributed by atoms with Crippen LogP contribution >= 0.6 is 34.4 Å². The van der Waals surface area contributed by atoms with Gasteiger partial charge >= 0.3 is 0 Å². The summed E-state index contributed by atoms with van der Waals surface area (Å²) in [6.07, 6.45) is 0. The fourth-order valence-corrected chi connectivity index (χ4v) is 4.03. The number of rotatable bonds is 7. The van der Waals surface area contributed by atoms with Gasteiger partial charge in [-0.3, -0.25) is 0 Å². The van der Waals surface area contributed by atoms with Crippen LogP contribution in [0.15, 0.2) is 16.5 Å². The third-order valence-corrected chi connectivity index (χ3v) is 5.60. The molecule has 0 saturated heterocycles. The van der Waals surface area contributed by atoms with Gasteiger partial charge in [-0.2, -0.15) is 0 Å². The summed E-state index contributed by atoms with van der Waals surface area (Å²) in [6.45, 7) is 4.08. The van der Waals surface area contributed by atoms with Gasteiger partial charge in [0.25, 0.3) is 0 Å². The van der Waals surface area contributed by atoms with Crippen LogP contribution in [0.2, 0.25) is 0 Å². The van der Waals surface area contributed by atoms with Gasteiger partial charge < -0.3 is 10.2 Å². The van der Waals surface area contributed by atoms with Crippen molar-refractivity contribution in [3.63, 3.8) is 0 Å². The van der Waals surface area contributed by atoms with E-state index in [0.717, 1.165) is 28.3 Å². The summed E-state index contributed by atoms with van der Waals surface area (Å²) in [5.74, 6) is 1.02. The lowest BCUT2D eigenvalue weighted by Gasteiger charge is -2.03. The highest BCUT2D eigenvalue weighted by Crippen LogP contribution is 2.26. The quantitative estimate of drug-likeness (QED) is 0.629. The van der Waals surface area contributed by atoms with E-state index in [9.17, 15) is 0 Å². The van der Waals surface area contributed by atoms with Gasteiger partial charge in [0.2, 0.25) is 5.13 Å². The van der Waals surface area contributed by atoms with Crippen LogP contribution in [0, 0.1) is 6.92 Å². The van der Waals surface area contributed by atoms with Crippen molar-refractivity contribution in [1.29, 1.82) is 0 Å². The van der Waals surface area contributed by atoms with Crippen molar-refractivity contribution in [2.45, 2.75) is 17.8 Å². The maximum atomic E-state index is 4.16. The molecule has 1 N–H and O–H groups in total. The second kappa shape index (κ2) is 7.23. The number of aromatic nitrogens is 2. The minimum absolute atomic E-state index is 0.956. The summed E-state index contributed by atoms with van der Waals surface area (Å²) >= 11 is 5.25. The van der Waals surface area contributed by atoms with E-state index < -0.39 is 0 Å². The van der Waals surface area contributed by atoms with Gasteiger partial charge in [-0.05, 0) is 19.1 Å². The molecule has 0 amide bonds. The Morgan fingerprint density at radius 2 is 2.11 bits per heavy atom. The van der Waals surface area contributed by atoms with Crippen molar-refractivity contribution in [3.8, 4) is 0 Å². The summed E-state index contributed by atoms with van der Waals surface area (Å²) in [5, 5.41) is 12.7. The molecule has 0 aliphatic heterocycles. The Morgan fingerprint density at radius 1 is 1.26 bits per heavy atom. The third kappa shape index (κ3) is 4.76. The molecule has 0 atom stereocenters. The van der Waals surface area contributed by atoms with E-state index in [-0.39, 0.29) is 0 Å². The first-order valence-corrected chi connectivity index (χ1v) is 8.66. The van der Waals surface area contributed by atoms with Gasteiger partial charge in [0.05, 0.1) is 0 Å². The fraction of sp³-hybridized carbons (Fsp3) is 0.500. The topological polar surface area (TPSA) is 41.1 Å². The molecule has 2 heterocycles. The smallest absolute Gasteiger partial charge is 0.208 e. The van der Waals surface area contributed by atoms with Crippen LogP contribution in [0.1, 0.15) is 9.75 Å². The van der Waals surface area contributed by atoms with Gasteiger partial charge in [0, 0.05) is 42.7 Å². The summed E-state index contributed by atoms with van der Waals surface area (Å²) in [4.78, 5) is 4.75.